The molecule has 0 radical (unpaired) electrons. The molecule has 0 saturated heterocycles. The number of amides is 1. The number of nitriles is 2. The summed E-state index contributed by atoms with van der Waals surface area (Å²) in [5, 5.41) is 28.5. The Hall–Kier alpha value is -3.98. The summed E-state index contributed by atoms with van der Waals surface area (Å²) < 4.78 is 2.71. The third-order valence-electron chi connectivity index (χ3n) is 3.09. The van der Waals surface area contributed by atoms with Gasteiger partial charge < -0.3 is 5.32 Å². The summed E-state index contributed by atoms with van der Waals surface area (Å²) in [6, 6.07) is 12.9. The van der Waals surface area contributed by atoms with E-state index in [4.69, 9.17) is 5.26 Å². The molecular formula is C15H10N8O. The van der Waals surface area contributed by atoms with Gasteiger partial charge in [0.1, 0.15) is 30.6 Å². The Labute approximate surface area is 136 Å². The molecule has 0 fully saturated rings. The number of carbonyl (C=O) groups excluding carboxylic acids is 1. The molecule has 1 amide bonds. The van der Waals surface area contributed by atoms with Crippen molar-refractivity contribution in [2.75, 3.05) is 5.32 Å². The minimum absolute atomic E-state index is 0.0187. The molecule has 0 aliphatic heterocycles. The van der Waals surface area contributed by atoms with E-state index in [0.29, 0.717) is 5.69 Å². The second kappa shape index (κ2) is 6.42. The maximum absolute atomic E-state index is 12.2. The Morgan fingerprint density at radius 1 is 1.21 bits per heavy atom. The van der Waals surface area contributed by atoms with E-state index in [0.717, 1.165) is 0 Å². The lowest BCUT2D eigenvalue weighted by Gasteiger charge is -2.09. The van der Waals surface area contributed by atoms with E-state index in [9.17, 15) is 10.1 Å². The van der Waals surface area contributed by atoms with Crippen LogP contribution in [-0.2, 0) is 11.3 Å². The first-order valence-corrected chi connectivity index (χ1v) is 6.84. The molecular weight excluding hydrogens is 308 g/mol. The number of benzene rings is 1. The Kier molecular flexibility index (Phi) is 3.99. The SMILES string of the molecule is N#Cc1ncn(CC(=O)Nc2c(C#N)cnn2-c2ccccc2)n1. The molecule has 24 heavy (non-hydrogen) atoms. The van der Waals surface area contributed by atoms with Gasteiger partial charge in [-0.3, -0.25) is 4.79 Å². The van der Waals surface area contributed by atoms with Crippen molar-refractivity contribution in [2.45, 2.75) is 6.54 Å². The van der Waals surface area contributed by atoms with Crippen molar-refractivity contribution in [2.24, 2.45) is 0 Å². The molecule has 2 heterocycles. The molecule has 3 rings (SSSR count). The predicted molar refractivity (Wildman–Crippen MR) is 81.6 cm³/mol. The lowest BCUT2D eigenvalue weighted by Crippen LogP contribution is -2.21. The van der Waals surface area contributed by atoms with Crippen LogP contribution in [0.4, 0.5) is 5.82 Å². The van der Waals surface area contributed by atoms with Crippen LogP contribution >= 0.6 is 0 Å². The van der Waals surface area contributed by atoms with Gasteiger partial charge in [-0.2, -0.15) is 15.6 Å². The molecule has 9 heteroatoms. The van der Waals surface area contributed by atoms with Crippen LogP contribution in [-0.4, -0.2) is 30.5 Å². The van der Waals surface area contributed by atoms with Crippen molar-refractivity contribution < 1.29 is 4.79 Å². The van der Waals surface area contributed by atoms with Crippen molar-refractivity contribution in [3.05, 3.63) is 54.2 Å². The Bertz CT molecular complexity index is 958. The molecule has 0 aliphatic rings. The van der Waals surface area contributed by atoms with Gasteiger partial charge in [0.2, 0.25) is 5.91 Å². The monoisotopic (exact) mass is 318 g/mol. The van der Waals surface area contributed by atoms with Crippen LogP contribution in [0.3, 0.4) is 0 Å². The first-order valence-electron chi connectivity index (χ1n) is 6.84. The van der Waals surface area contributed by atoms with Crippen LogP contribution in [0.5, 0.6) is 0 Å². The number of hydrogen-bond donors (Lipinski definition) is 1. The van der Waals surface area contributed by atoms with Gasteiger partial charge in [0, 0.05) is 0 Å². The van der Waals surface area contributed by atoms with Crippen LogP contribution in [0, 0.1) is 22.7 Å². The van der Waals surface area contributed by atoms with Crippen LogP contribution < -0.4 is 5.32 Å². The highest BCUT2D eigenvalue weighted by Gasteiger charge is 2.15. The van der Waals surface area contributed by atoms with Crippen LogP contribution in [0.25, 0.3) is 5.69 Å². The lowest BCUT2D eigenvalue weighted by atomic mass is 10.3. The molecule has 0 saturated carbocycles. The van der Waals surface area contributed by atoms with E-state index in [1.165, 1.54) is 21.9 Å². The van der Waals surface area contributed by atoms with Gasteiger partial charge in [0.05, 0.1) is 11.9 Å². The summed E-state index contributed by atoms with van der Waals surface area (Å²) in [5.41, 5.74) is 0.949. The fourth-order valence-electron chi connectivity index (χ4n) is 2.06. The van der Waals surface area contributed by atoms with E-state index in [-0.39, 0.29) is 23.8 Å². The normalized spacial score (nSPS) is 9.92. The summed E-state index contributed by atoms with van der Waals surface area (Å²) in [4.78, 5) is 15.9. The largest absolute Gasteiger partial charge is 0.308 e. The maximum Gasteiger partial charge on any atom is 0.252 e. The maximum atomic E-state index is 12.2. The second-order valence-electron chi connectivity index (χ2n) is 4.69. The summed E-state index contributed by atoms with van der Waals surface area (Å²) >= 11 is 0. The number of hydrogen-bond acceptors (Lipinski definition) is 6. The highest BCUT2D eigenvalue weighted by molar-refractivity contribution is 5.91. The molecule has 2 aromatic heterocycles. The fourth-order valence-corrected chi connectivity index (χ4v) is 2.06. The number of nitrogens with zero attached hydrogens (tertiary/aromatic N) is 7. The van der Waals surface area contributed by atoms with Crippen molar-refractivity contribution >= 4 is 11.7 Å². The standard InChI is InChI=1S/C15H10N8O/c16-6-11-8-19-23(12-4-2-1-3-5-12)15(11)20-14(24)9-22-10-18-13(7-17)21-22/h1-5,8,10H,9H2,(H,20,24). The average Bonchev–Trinajstić information content (AvgIpc) is 3.22. The minimum Gasteiger partial charge on any atom is -0.308 e. The molecule has 1 N–H and O–H groups in total. The van der Waals surface area contributed by atoms with Gasteiger partial charge in [0.15, 0.2) is 5.82 Å². The molecule has 9 nitrogen and oxygen atoms in total. The van der Waals surface area contributed by atoms with Gasteiger partial charge in [-0.1, -0.05) is 18.2 Å². The highest BCUT2D eigenvalue weighted by atomic mass is 16.2. The van der Waals surface area contributed by atoms with Crippen molar-refractivity contribution in [1.82, 2.24) is 24.5 Å². The van der Waals surface area contributed by atoms with E-state index < -0.39 is 5.91 Å². The molecule has 3 aromatic rings. The summed E-state index contributed by atoms with van der Waals surface area (Å²) in [5.74, 6) is -0.164. The van der Waals surface area contributed by atoms with E-state index in [2.05, 4.69) is 20.5 Å². The molecule has 0 bridgehead atoms. The zero-order valence-electron chi connectivity index (χ0n) is 12.3. The third-order valence-corrected chi connectivity index (χ3v) is 3.09. The lowest BCUT2D eigenvalue weighted by molar-refractivity contribution is -0.116. The van der Waals surface area contributed by atoms with Crippen molar-refractivity contribution in [3.8, 4) is 17.8 Å². The number of rotatable bonds is 4. The molecule has 0 aliphatic carbocycles. The minimum atomic E-state index is -0.418. The van der Waals surface area contributed by atoms with Gasteiger partial charge in [-0.25, -0.2) is 14.3 Å². The number of anilines is 1. The van der Waals surface area contributed by atoms with Crippen LogP contribution in [0.2, 0.25) is 0 Å². The number of para-hydroxylation sites is 1. The first kappa shape index (κ1) is 14.9. The van der Waals surface area contributed by atoms with E-state index in [1.807, 2.05) is 24.3 Å². The average molecular weight is 318 g/mol. The van der Waals surface area contributed by atoms with E-state index in [1.54, 1.807) is 18.2 Å². The Morgan fingerprint density at radius 3 is 2.67 bits per heavy atom. The van der Waals surface area contributed by atoms with Gasteiger partial charge in [-0.15, -0.1) is 5.10 Å². The quantitative estimate of drug-likeness (QED) is 0.760. The van der Waals surface area contributed by atoms with Crippen LogP contribution in [0.15, 0.2) is 42.9 Å². The zero-order valence-corrected chi connectivity index (χ0v) is 12.3. The zero-order chi connectivity index (χ0) is 16.9. The summed E-state index contributed by atoms with van der Waals surface area (Å²) in [7, 11) is 0. The molecule has 1 aromatic carbocycles. The smallest absolute Gasteiger partial charge is 0.252 e. The van der Waals surface area contributed by atoms with Crippen LogP contribution in [0.1, 0.15) is 11.4 Å². The third kappa shape index (κ3) is 2.96. The summed E-state index contributed by atoms with van der Waals surface area (Å²) in [6.45, 7) is -0.139. The van der Waals surface area contributed by atoms with Gasteiger partial charge in [-0.05, 0) is 12.1 Å². The highest BCUT2D eigenvalue weighted by Crippen LogP contribution is 2.19. The van der Waals surface area contributed by atoms with Crippen molar-refractivity contribution in [1.29, 1.82) is 10.5 Å². The first-order chi connectivity index (χ1) is 11.7. The predicted octanol–water partition coefficient (Wildman–Crippen LogP) is 0.846. The fraction of sp³-hybridized carbons (Fsp3) is 0.0667. The van der Waals surface area contributed by atoms with Gasteiger partial charge >= 0.3 is 0 Å². The van der Waals surface area contributed by atoms with Crippen molar-refractivity contribution in [3.63, 3.8) is 0 Å². The number of nitrogens with one attached hydrogen (secondary N) is 1. The molecule has 0 spiro atoms. The van der Waals surface area contributed by atoms with E-state index >= 15 is 0 Å². The summed E-state index contributed by atoms with van der Waals surface area (Å²) in [6.07, 6.45) is 2.67. The second-order valence-corrected chi connectivity index (χ2v) is 4.69. The Balaban J connectivity index is 1.84. The van der Waals surface area contributed by atoms with Gasteiger partial charge in [0.25, 0.3) is 5.82 Å². The molecule has 0 unspecified atom stereocenters. The topological polar surface area (TPSA) is 125 Å². The number of carbonyl (C=O) groups is 1. The molecule has 0 atom stereocenters. The Morgan fingerprint density at radius 2 is 2.00 bits per heavy atom. The number of aromatic nitrogens is 5. The molecule has 116 valence electrons.